The zero-order valence-corrected chi connectivity index (χ0v) is 13.9. The van der Waals surface area contributed by atoms with E-state index in [1.165, 1.54) is 0 Å². The molecule has 0 saturated heterocycles. The van der Waals surface area contributed by atoms with Crippen LogP contribution >= 0.6 is 15.9 Å². The molecule has 21 heavy (non-hydrogen) atoms. The van der Waals surface area contributed by atoms with Crippen LogP contribution in [0.5, 0.6) is 5.75 Å². The lowest BCUT2D eigenvalue weighted by Crippen LogP contribution is -2.12. The van der Waals surface area contributed by atoms with Gasteiger partial charge < -0.3 is 9.47 Å². The molecule has 0 radical (unpaired) electrons. The summed E-state index contributed by atoms with van der Waals surface area (Å²) in [4.78, 5) is 23.0. The van der Waals surface area contributed by atoms with Gasteiger partial charge in [-0.1, -0.05) is 42.1 Å². The largest absolute Gasteiger partial charge is 0.466 e. The van der Waals surface area contributed by atoms with Gasteiger partial charge in [0.2, 0.25) is 0 Å². The summed E-state index contributed by atoms with van der Waals surface area (Å²) in [5, 5.41) is 0. The number of rotatable bonds is 9. The summed E-state index contributed by atoms with van der Waals surface area (Å²) >= 11 is 3.30. The number of unbranched alkanes of at least 4 members (excludes halogenated alkanes) is 3. The highest BCUT2D eigenvalue weighted by molar-refractivity contribution is 9.10. The van der Waals surface area contributed by atoms with Crippen LogP contribution in [0.1, 0.15) is 45.4 Å². The van der Waals surface area contributed by atoms with Gasteiger partial charge in [0.05, 0.1) is 19.4 Å². The molecule has 116 valence electrons. The number of ether oxygens (including phenoxy) is 2. The fraction of sp³-hybridized carbons (Fsp3) is 0.500. The number of carbonyl (C=O) groups is 2. The molecule has 4 nitrogen and oxygen atoms in total. The van der Waals surface area contributed by atoms with Crippen LogP contribution in [0.3, 0.4) is 0 Å². The molecule has 0 aliphatic heterocycles. The maximum atomic E-state index is 11.6. The van der Waals surface area contributed by atoms with Crippen molar-refractivity contribution in [3.63, 3.8) is 0 Å². The third-order valence-electron chi connectivity index (χ3n) is 2.84. The van der Waals surface area contributed by atoms with Gasteiger partial charge in [-0.15, -0.1) is 0 Å². The van der Waals surface area contributed by atoms with E-state index in [0.717, 1.165) is 30.2 Å². The zero-order valence-electron chi connectivity index (χ0n) is 12.3. The molecule has 0 saturated carbocycles. The Morgan fingerprint density at radius 3 is 2.33 bits per heavy atom. The van der Waals surface area contributed by atoms with Crippen LogP contribution in [0.4, 0.5) is 0 Å². The van der Waals surface area contributed by atoms with Gasteiger partial charge >= 0.3 is 11.9 Å². The highest BCUT2D eigenvalue weighted by Crippen LogP contribution is 2.16. The van der Waals surface area contributed by atoms with E-state index in [9.17, 15) is 9.59 Å². The number of hydrogen-bond acceptors (Lipinski definition) is 4. The normalized spacial score (nSPS) is 10.2. The lowest BCUT2D eigenvalue weighted by Gasteiger charge is -2.05. The van der Waals surface area contributed by atoms with Crippen LogP contribution in [-0.2, 0) is 14.3 Å². The van der Waals surface area contributed by atoms with Crippen molar-refractivity contribution in [2.24, 2.45) is 0 Å². The van der Waals surface area contributed by atoms with Gasteiger partial charge in [0.1, 0.15) is 5.75 Å². The minimum absolute atomic E-state index is 0.0316. The van der Waals surface area contributed by atoms with Gasteiger partial charge in [-0.05, 0) is 30.7 Å². The van der Waals surface area contributed by atoms with E-state index in [4.69, 9.17) is 9.47 Å². The topological polar surface area (TPSA) is 52.6 Å². The van der Waals surface area contributed by atoms with E-state index in [1.54, 1.807) is 24.3 Å². The highest BCUT2D eigenvalue weighted by Gasteiger charge is 2.10. The van der Waals surface area contributed by atoms with E-state index in [1.807, 2.05) is 0 Å². The van der Waals surface area contributed by atoms with E-state index < -0.39 is 5.97 Å². The van der Waals surface area contributed by atoms with Crippen molar-refractivity contribution >= 4 is 27.9 Å². The molecule has 0 unspecified atom stereocenters. The predicted molar refractivity (Wildman–Crippen MR) is 84.1 cm³/mol. The maximum absolute atomic E-state index is 11.6. The van der Waals surface area contributed by atoms with Crippen LogP contribution in [0, 0.1) is 0 Å². The van der Waals surface area contributed by atoms with Gasteiger partial charge in [-0.2, -0.15) is 0 Å². The third kappa shape index (κ3) is 8.50. The van der Waals surface area contributed by atoms with Crippen molar-refractivity contribution in [2.75, 3.05) is 6.61 Å². The summed E-state index contributed by atoms with van der Waals surface area (Å²) < 4.78 is 11.1. The van der Waals surface area contributed by atoms with Crippen molar-refractivity contribution in [1.29, 1.82) is 0 Å². The molecule has 0 fully saturated rings. The van der Waals surface area contributed by atoms with Gasteiger partial charge in [0, 0.05) is 4.47 Å². The van der Waals surface area contributed by atoms with E-state index in [-0.39, 0.29) is 18.8 Å². The molecule has 0 atom stereocenters. The summed E-state index contributed by atoms with van der Waals surface area (Å²) in [6.45, 7) is 2.56. The lowest BCUT2D eigenvalue weighted by atomic mass is 10.2. The van der Waals surface area contributed by atoms with Crippen molar-refractivity contribution in [3.8, 4) is 5.75 Å². The minimum atomic E-state index is -0.430. The molecule has 1 aromatic rings. The highest BCUT2D eigenvalue weighted by atomic mass is 79.9. The summed E-state index contributed by atoms with van der Waals surface area (Å²) in [5.41, 5.74) is 0. The van der Waals surface area contributed by atoms with E-state index >= 15 is 0 Å². The number of benzene rings is 1. The Labute approximate surface area is 133 Å². The average molecular weight is 357 g/mol. The smallest absolute Gasteiger partial charge is 0.311 e. The van der Waals surface area contributed by atoms with Gasteiger partial charge in [-0.25, -0.2) is 0 Å². The molecule has 1 aromatic carbocycles. The molecule has 0 amide bonds. The zero-order chi connectivity index (χ0) is 15.5. The number of carbonyl (C=O) groups excluding carboxylic acids is 2. The Morgan fingerprint density at radius 1 is 1.00 bits per heavy atom. The fourth-order valence-electron chi connectivity index (χ4n) is 1.68. The first-order chi connectivity index (χ1) is 10.1. The molecule has 0 heterocycles. The number of hydrogen-bond donors (Lipinski definition) is 0. The Balaban J connectivity index is 2.14. The van der Waals surface area contributed by atoms with Crippen LogP contribution in [-0.4, -0.2) is 18.5 Å². The fourth-order valence-corrected chi connectivity index (χ4v) is 1.94. The number of esters is 2. The molecule has 0 aliphatic rings. The summed E-state index contributed by atoms with van der Waals surface area (Å²) in [5.74, 6) is -0.310. The Hall–Kier alpha value is -1.36. The molecule has 0 aromatic heterocycles. The van der Waals surface area contributed by atoms with Crippen molar-refractivity contribution in [1.82, 2.24) is 0 Å². The summed E-state index contributed by atoms with van der Waals surface area (Å²) in [7, 11) is 0. The van der Waals surface area contributed by atoms with Crippen LogP contribution in [0.15, 0.2) is 28.7 Å². The molecule has 0 bridgehead atoms. The molecule has 5 heteroatoms. The lowest BCUT2D eigenvalue weighted by molar-refractivity contribution is -0.147. The quantitative estimate of drug-likeness (QED) is 0.377. The van der Waals surface area contributed by atoms with E-state index in [0.29, 0.717) is 12.4 Å². The monoisotopic (exact) mass is 356 g/mol. The van der Waals surface area contributed by atoms with Crippen LogP contribution in [0.25, 0.3) is 0 Å². The standard InChI is InChI=1S/C16H21BrO4/c1-2-3-4-5-12-20-15(18)10-11-16(19)21-14-8-6-13(17)7-9-14/h6-9H,2-5,10-12H2,1H3. The molecule has 0 aliphatic carbocycles. The Bertz CT molecular complexity index is 442. The molecular weight excluding hydrogens is 336 g/mol. The molecule has 0 spiro atoms. The Kier molecular flexibility index (Phi) is 8.74. The first-order valence-electron chi connectivity index (χ1n) is 7.23. The molecular formula is C16H21BrO4. The average Bonchev–Trinajstić information content (AvgIpc) is 2.47. The van der Waals surface area contributed by atoms with Gasteiger partial charge in [0.15, 0.2) is 0 Å². The van der Waals surface area contributed by atoms with Crippen molar-refractivity contribution < 1.29 is 19.1 Å². The van der Waals surface area contributed by atoms with Crippen LogP contribution < -0.4 is 4.74 Å². The van der Waals surface area contributed by atoms with Gasteiger partial charge in [0.25, 0.3) is 0 Å². The molecule has 1 rings (SSSR count). The summed E-state index contributed by atoms with van der Waals surface area (Å²) in [6, 6.07) is 6.95. The van der Waals surface area contributed by atoms with Crippen molar-refractivity contribution in [3.05, 3.63) is 28.7 Å². The first kappa shape index (κ1) is 17.7. The van der Waals surface area contributed by atoms with Crippen LogP contribution in [0.2, 0.25) is 0 Å². The molecule has 0 N–H and O–H groups in total. The van der Waals surface area contributed by atoms with Crippen molar-refractivity contribution in [2.45, 2.75) is 45.4 Å². The second-order valence-electron chi connectivity index (χ2n) is 4.71. The minimum Gasteiger partial charge on any atom is -0.466 e. The maximum Gasteiger partial charge on any atom is 0.311 e. The Morgan fingerprint density at radius 2 is 1.67 bits per heavy atom. The SMILES string of the molecule is CCCCCCOC(=O)CCC(=O)Oc1ccc(Br)cc1. The van der Waals surface area contributed by atoms with E-state index in [2.05, 4.69) is 22.9 Å². The third-order valence-corrected chi connectivity index (χ3v) is 3.37. The number of halogens is 1. The summed E-state index contributed by atoms with van der Waals surface area (Å²) in [6.07, 6.45) is 4.33. The second-order valence-corrected chi connectivity index (χ2v) is 5.62. The van der Waals surface area contributed by atoms with Gasteiger partial charge in [-0.3, -0.25) is 9.59 Å². The predicted octanol–water partition coefficient (Wildman–Crippen LogP) is 4.26. The first-order valence-corrected chi connectivity index (χ1v) is 8.03. The second kappa shape index (κ2) is 10.4.